The Labute approximate surface area is 243 Å². The average Bonchev–Trinajstić information content (AvgIpc) is 3.48. The zero-order valence-corrected chi connectivity index (χ0v) is 23.5. The molecule has 4 aromatic rings. The minimum Gasteiger partial charge on any atom is -0.454 e. The monoisotopic (exact) mass is 587 g/mol. The maximum absolute atomic E-state index is 13.7. The lowest BCUT2D eigenvalue weighted by molar-refractivity contribution is -0.120. The number of nitrogens with one attached hydrogen (secondary N) is 2. The molecule has 1 atom stereocenters. The molecule has 1 aliphatic rings. The van der Waals surface area contributed by atoms with Gasteiger partial charge in [0, 0.05) is 30.8 Å². The van der Waals surface area contributed by atoms with Crippen LogP contribution in [-0.4, -0.2) is 45.3 Å². The highest BCUT2D eigenvalue weighted by Crippen LogP contribution is 2.35. The third-order valence-electron chi connectivity index (χ3n) is 6.81. The van der Waals surface area contributed by atoms with Crippen LogP contribution in [0.4, 0.5) is 10.5 Å². The first-order chi connectivity index (χ1) is 20.2. The number of benzene rings is 4. The van der Waals surface area contributed by atoms with Crippen LogP contribution in [0.15, 0.2) is 102 Å². The molecule has 0 fully saturated rings. The van der Waals surface area contributed by atoms with E-state index in [1.807, 2.05) is 30.3 Å². The second-order valence-electron chi connectivity index (χ2n) is 9.61. The fourth-order valence-electron chi connectivity index (χ4n) is 4.60. The van der Waals surface area contributed by atoms with Gasteiger partial charge in [-0.1, -0.05) is 72.8 Å². The summed E-state index contributed by atoms with van der Waals surface area (Å²) in [4.78, 5) is 28.1. The number of aliphatic hydroxyl groups is 1. The number of rotatable bonds is 9. The van der Waals surface area contributed by atoms with Gasteiger partial charge in [0.1, 0.15) is 6.04 Å². The molecule has 0 aliphatic carbocycles. The summed E-state index contributed by atoms with van der Waals surface area (Å²) in [6, 6.07) is 25.0. The number of aliphatic hydroxyl groups excluding tert-OH is 1. The summed E-state index contributed by atoms with van der Waals surface area (Å²) in [5, 5.41) is 11.9. The van der Waals surface area contributed by atoms with E-state index in [1.54, 1.807) is 67.7 Å². The number of hydrogen-bond donors (Lipinski definition) is 3. The molecule has 0 unspecified atom stereocenters. The molecule has 0 radical (unpaired) electrons. The van der Waals surface area contributed by atoms with Crippen molar-refractivity contribution in [2.45, 2.75) is 24.0 Å². The van der Waals surface area contributed by atoms with Crippen molar-refractivity contribution in [2.24, 2.45) is 0 Å². The van der Waals surface area contributed by atoms with E-state index in [-0.39, 0.29) is 24.7 Å². The summed E-state index contributed by atoms with van der Waals surface area (Å²) < 4.78 is 39.6. The molecule has 10 nitrogen and oxygen atoms in total. The minimum atomic E-state index is -4.34. The summed E-state index contributed by atoms with van der Waals surface area (Å²) >= 11 is 0. The lowest BCUT2D eigenvalue weighted by atomic mass is 10.0. The number of urea groups is 1. The van der Waals surface area contributed by atoms with Gasteiger partial charge in [-0.25, -0.2) is 17.9 Å². The number of likely N-dealkylation sites (N-methyl/N-ethyl adjacent to an activating group) is 1. The molecular weight excluding hydrogens is 558 g/mol. The van der Waals surface area contributed by atoms with Crippen LogP contribution in [0.2, 0.25) is 0 Å². The molecule has 0 saturated carbocycles. The van der Waals surface area contributed by atoms with Crippen molar-refractivity contribution >= 4 is 27.6 Å². The van der Waals surface area contributed by atoms with E-state index in [4.69, 9.17) is 9.47 Å². The summed E-state index contributed by atoms with van der Waals surface area (Å²) in [6.07, 6.45) is 0.121. The number of anilines is 1. The topological polar surface area (TPSA) is 134 Å². The van der Waals surface area contributed by atoms with Gasteiger partial charge in [-0.3, -0.25) is 4.79 Å². The summed E-state index contributed by atoms with van der Waals surface area (Å²) in [5.74, 6) is 0.593. The lowest BCUT2D eigenvalue weighted by Crippen LogP contribution is -2.52. The number of fused-ring (bicyclic) bond motifs is 1. The number of ether oxygens (including phenoxy) is 2. The Bertz CT molecular complexity index is 1690. The molecule has 0 spiro atoms. The molecule has 5 rings (SSSR count). The fourth-order valence-corrected chi connectivity index (χ4v) is 5.74. The fraction of sp³-hybridized carbons (Fsp3) is 0.161. The SMILES string of the molecule is CN(C(=O)[C@H](Cc1ccccc1)NC(=O)NS(=O)(=O)c1ccccc1-c1ccc(CO)cc1)c1ccc2c(c1)OCO2. The maximum atomic E-state index is 13.7. The van der Waals surface area contributed by atoms with Gasteiger partial charge in [0.25, 0.3) is 10.0 Å². The largest absolute Gasteiger partial charge is 0.454 e. The van der Waals surface area contributed by atoms with Crippen molar-refractivity contribution in [3.05, 3.63) is 108 Å². The minimum absolute atomic E-state index is 0.0837. The predicted octanol–water partition coefficient (Wildman–Crippen LogP) is 3.84. The van der Waals surface area contributed by atoms with Gasteiger partial charge in [-0.2, -0.15) is 0 Å². The molecule has 4 aromatic carbocycles. The third kappa shape index (κ3) is 6.37. The number of sulfonamides is 1. The lowest BCUT2D eigenvalue weighted by Gasteiger charge is -2.25. The highest BCUT2D eigenvalue weighted by molar-refractivity contribution is 7.90. The van der Waals surface area contributed by atoms with Gasteiger partial charge in [0.2, 0.25) is 12.7 Å². The number of amides is 3. The Hall–Kier alpha value is -4.87. The number of carbonyl (C=O) groups is 2. The van der Waals surface area contributed by atoms with Crippen LogP contribution in [0.25, 0.3) is 11.1 Å². The molecule has 216 valence electrons. The standard InChI is InChI=1S/C31H29N3O7S/c1-34(24-15-16-27-28(18-24)41-20-40-27)30(36)26(17-21-7-3-2-4-8-21)32-31(37)33-42(38,39)29-10-6-5-9-25(29)23-13-11-22(19-35)12-14-23/h2-16,18,26,35H,17,19-20H2,1H3,(H2,32,33,37)/t26-/m0/s1. The predicted molar refractivity (Wildman–Crippen MR) is 157 cm³/mol. The van der Waals surface area contributed by atoms with E-state index in [9.17, 15) is 23.1 Å². The van der Waals surface area contributed by atoms with Crippen molar-refractivity contribution in [1.29, 1.82) is 0 Å². The molecule has 42 heavy (non-hydrogen) atoms. The molecule has 0 saturated heterocycles. The Kier molecular flexibility index (Phi) is 8.41. The van der Waals surface area contributed by atoms with Gasteiger partial charge in [0.15, 0.2) is 11.5 Å². The average molecular weight is 588 g/mol. The summed E-state index contributed by atoms with van der Waals surface area (Å²) in [7, 11) is -2.78. The molecule has 1 heterocycles. The molecule has 0 aromatic heterocycles. The summed E-state index contributed by atoms with van der Waals surface area (Å²) in [6.45, 7) is -0.0605. The van der Waals surface area contributed by atoms with E-state index >= 15 is 0 Å². The molecule has 1 aliphatic heterocycles. The second kappa shape index (κ2) is 12.3. The molecule has 3 amide bonds. The van der Waals surface area contributed by atoms with E-state index in [1.165, 1.54) is 11.0 Å². The van der Waals surface area contributed by atoms with Gasteiger partial charge >= 0.3 is 6.03 Å². The number of nitrogens with zero attached hydrogens (tertiary/aromatic N) is 1. The van der Waals surface area contributed by atoms with Crippen LogP contribution >= 0.6 is 0 Å². The first-order valence-corrected chi connectivity index (χ1v) is 14.6. The zero-order chi connectivity index (χ0) is 29.7. The van der Waals surface area contributed by atoms with Crippen LogP contribution in [0.5, 0.6) is 11.5 Å². The van der Waals surface area contributed by atoms with Crippen molar-refractivity contribution < 1.29 is 32.6 Å². The van der Waals surface area contributed by atoms with Gasteiger partial charge < -0.3 is 24.8 Å². The van der Waals surface area contributed by atoms with E-state index in [0.717, 1.165) is 5.56 Å². The maximum Gasteiger partial charge on any atom is 0.329 e. The van der Waals surface area contributed by atoms with Crippen LogP contribution in [-0.2, 0) is 27.8 Å². The van der Waals surface area contributed by atoms with Crippen molar-refractivity contribution in [2.75, 3.05) is 18.7 Å². The number of carbonyl (C=O) groups excluding carboxylic acids is 2. The van der Waals surface area contributed by atoms with E-state index in [0.29, 0.717) is 33.9 Å². The highest BCUT2D eigenvalue weighted by atomic mass is 32.2. The van der Waals surface area contributed by atoms with E-state index in [2.05, 4.69) is 10.0 Å². The van der Waals surface area contributed by atoms with Gasteiger partial charge in [0.05, 0.1) is 11.5 Å². The first kappa shape index (κ1) is 28.7. The van der Waals surface area contributed by atoms with Crippen molar-refractivity contribution in [1.82, 2.24) is 10.0 Å². The van der Waals surface area contributed by atoms with Gasteiger partial charge in [-0.15, -0.1) is 0 Å². The quantitative estimate of drug-likeness (QED) is 0.271. The Morgan fingerprint density at radius 1 is 0.881 bits per heavy atom. The molecule has 11 heteroatoms. The van der Waals surface area contributed by atoms with Crippen LogP contribution in [0.3, 0.4) is 0 Å². The molecule has 3 N–H and O–H groups in total. The normalized spacial score (nSPS) is 12.8. The van der Waals surface area contributed by atoms with Crippen LogP contribution in [0.1, 0.15) is 11.1 Å². The van der Waals surface area contributed by atoms with Crippen LogP contribution in [0, 0.1) is 0 Å². The molecule has 0 bridgehead atoms. The van der Waals surface area contributed by atoms with Crippen molar-refractivity contribution in [3.8, 4) is 22.6 Å². The second-order valence-corrected chi connectivity index (χ2v) is 11.3. The highest BCUT2D eigenvalue weighted by Gasteiger charge is 2.29. The van der Waals surface area contributed by atoms with Crippen molar-refractivity contribution in [3.63, 3.8) is 0 Å². The van der Waals surface area contributed by atoms with E-state index < -0.39 is 28.0 Å². The Morgan fingerprint density at radius 3 is 2.31 bits per heavy atom. The Balaban J connectivity index is 1.37. The zero-order valence-electron chi connectivity index (χ0n) is 22.7. The molecular formula is C31H29N3O7S. The third-order valence-corrected chi connectivity index (χ3v) is 8.20. The smallest absolute Gasteiger partial charge is 0.329 e. The summed E-state index contributed by atoms with van der Waals surface area (Å²) in [5.41, 5.74) is 2.93. The number of hydrogen-bond acceptors (Lipinski definition) is 7. The first-order valence-electron chi connectivity index (χ1n) is 13.1. The Morgan fingerprint density at radius 2 is 1.57 bits per heavy atom. The van der Waals surface area contributed by atoms with Crippen LogP contribution < -0.4 is 24.4 Å². The van der Waals surface area contributed by atoms with Gasteiger partial charge in [-0.05, 0) is 34.9 Å².